The number of rotatable bonds is 16. The van der Waals surface area contributed by atoms with Crippen molar-refractivity contribution in [3.63, 3.8) is 0 Å². The van der Waals surface area contributed by atoms with E-state index in [0.29, 0.717) is 19.5 Å². The molecule has 0 saturated carbocycles. The number of amides is 2. The maximum absolute atomic E-state index is 14.3. The van der Waals surface area contributed by atoms with E-state index in [2.05, 4.69) is 27.0 Å². The number of fused-ring (bicyclic) bond motifs is 1. The molecule has 1 N–H and O–H groups in total. The molecule has 7 nitrogen and oxygen atoms in total. The summed E-state index contributed by atoms with van der Waals surface area (Å²) in [6, 6.07) is -0.534. The standard InChI is InChI=1S/C28H44N2O5S/c1-5-8-19-35-27(34)22-21-14-15-28(36-21)23(22)25(32)30(17-11-9-10-12-18-31)24(28)26(33)29(16-7-3)20(4)13-6-2/h5,7,20-24,31H,1,3,6,8-19H2,2,4H3/t20?,21-,22+,23-,24?,28?/m0/s1. The highest BCUT2D eigenvalue weighted by atomic mass is 32.2. The lowest BCUT2D eigenvalue weighted by atomic mass is 9.71. The first-order valence-electron chi connectivity index (χ1n) is 13.7. The molecule has 0 aromatic carbocycles. The summed E-state index contributed by atoms with van der Waals surface area (Å²) in [5, 5.41) is 9.12. The highest BCUT2D eigenvalue weighted by molar-refractivity contribution is 8.02. The van der Waals surface area contributed by atoms with Gasteiger partial charge in [-0.2, -0.15) is 0 Å². The third kappa shape index (κ3) is 5.54. The lowest BCUT2D eigenvalue weighted by molar-refractivity contribution is -0.154. The van der Waals surface area contributed by atoms with E-state index in [9.17, 15) is 14.4 Å². The van der Waals surface area contributed by atoms with Crippen molar-refractivity contribution in [3.05, 3.63) is 25.3 Å². The minimum Gasteiger partial charge on any atom is -0.465 e. The summed E-state index contributed by atoms with van der Waals surface area (Å²) in [6.45, 7) is 13.1. The van der Waals surface area contributed by atoms with Gasteiger partial charge in [0.1, 0.15) is 6.04 Å². The van der Waals surface area contributed by atoms with Crippen LogP contribution in [0.2, 0.25) is 0 Å². The Morgan fingerprint density at radius 3 is 2.69 bits per heavy atom. The second-order valence-electron chi connectivity index (χ2n) is 10.4. The van der Waals surface area contributed by atoms with Crippen molar-refractivity contribution in [1.29, 1.82) is 0 Å². The fraction of sp³-hybridized carbons (Fsp3) is 0.750. The van der Waals surface area contributed by atoms with Crippen LogP contribution in [-0.4, -0.2) is 81.1 Å². The van der Waals surface area contributed by atoms with Gasteiger partial charge in [-0.25, -0.2) is 0 Å². The molecule has 0 aromatic rings. The van der Waals surface area contributed by atoms with E-state index in [-0.39, 0.29) is 42.3 Å². The minimum atomic E-state index is -0.586. The van der Waals surface area contributed by atoms with Crippen molar-refractivity contribution in [2.45, 2.75) is 93.7 Å². The third-order valence-corrected chi connectivity index (χ3v) is 9.98. The van der Waals surface area contributed by atoms with Crippen LogP contribution >= 0.6 is 11.8 Å². The first kappa shape index (κ1) is 28.8. The van der Waals surface area contributed by atoms with E-state index in [1.165, 1.54) is 0 Å². The number of carbonyl (C=O) groups excluding carboxylic acids is 3. The van der Waals surface area contributed by atoms with E-state index in [0.717, 1.165) is 51.4 Å². The average molecular weight is 521 g/mol. The zero-order valence-corrected chi connectivity index (χ0v) is 22.8. The SMILES string of the molecule is C=CCCOC(=O)[C@@H]1[C@@H]2CCC3(S2)C(C(=O)N(CC=C)C(C)CCC)N(CCCCCCO)C(=O)[C@H]13. The Kier molecular flexibility index (Phi) is 10.5. The van der Waals surface area contributed by atoms with Crippen molar-refractivity contribution in [2.24, 2.45) is 11.8 Å². The Morgan fingerprint density at radius 1 is 1.28 bits per heavy atom. The topological polar surface area (TPSA) is 87.2 Å². The molecule has 3 saturated heterocycles. The van der Waals surface area contributed by atoms with Crippen LogP contribution < -0.4 is 0 Å². The van der Waals surface area contributed by atoms with E-state index in [1.54, 1.807) is 28.8 Å². The van der Waals surface area contributed by atoms with E-state index < -0.39 is 22.6 Å². The van der Waals surface area contributed by atoms with Gasteiger partial charge >= 0.3 is 5.97 Å². The maximum Gasteiger partial charge on any atom is 0.310 e. The molecule has 3 fully saturated rings. The van der Waals surface area contributed by atoms with Crippen LogP contribution in [-0.2, 0) is 19.1 Å². The summed E-state index contributed by atoms with van der Waals surface area (Å²) in [6.07, 6.45) is 10.7. The molecule has 3 aliphatic heterocycles. The molecule has 2 amide bonds. The number of hydrogen-bond acceptors (Lipinski definition) is 6. The molecule has 3 unspecified atom stereocenters. The third-order valence-electron chi connectivity index (χ3n) is 8.03. The Balaban J connectivity index is 1.92. The van der Waals surface area contributed by atoms with E-state index in [4.69, 9.17) is 9.84 Å². The van der Waals surface area contributed by atoms with Crippen LogP contribution in [0.4, 0.5) is 0 Å². The molecule has 3 aliphatic rings. The summed E-state index contributed by atoms with van der Waals surface area (Å²) in [5.41, 5.74) is 0. The molecule has 0 aromatic heterocycles. The fourth-order valence-electron chi connectivity index (χ4n) is 6.38. The average Bonchev–Trinajstić information content (AvgIpc) is 3.50. The van der Waals surface area contributed by atoms with E-state index in [1.807, 2.05) is 4.90 Å². The number of unbranched alkanes of at least 4 members (excludes halogenated alkanes) is 3. The maximum atomic E-state index is 14.3. The first-order chi connectivity index (χ1) is 17.4. The van der Waals surface area contributed by atoms with Crippen molar-refractivity contribution in [3.8, 4) is 0 Å². The highest BCUT2D eigenvalue weighted by Gasteiger charge is 2.74. The largest absolute Gasteiger partial charge is 0.465 e. The van der Waals surface area contributed by atoms with Crippen molar-refractivity contribution >= 4 is 29.5 Å². The molecular weight excluding hydrogens is 476 g/mol. The molecule has 36 heavy (non-hydrogen) atoms. The van der Waals surface area contributed by atoms with Gasteiger partial charge in [-0.15, -0.1) is 24.9 Å². The number of ether oxygens (including phenoxy) is 1. The normalized spacial score (nSPS) is 29.2. The zero-order chi connectivity index (χ0) is 26.3. The van der Waals surface area contributed by atoms with Crippen LogP contribution in [0.25, 0.3) is 0 Å². The lowest BCUT2D eigenvalue weighted by Gasteiger charge is -2.39. The molecule has 6 atom stereocenters. The van der Waals surface area contributed by atoms with Gasteiger partial charge in [-0.1, -0.05) is 38.3 Å². The Labute approximate surface area is 220 Å². The molecular formula is C28H44N2O5S. The van der Waals surface area contributed by atoms with Gasteiger partial charge in [0.05, 0.1) is 23.2 Å². The summed E-state index contributed by atoms with van der Waals surface area (Å²) in [4.78, 5) is 45.1. The van der Waals surface area contributed by atoms with Gasteiger partial charge in [0.2, 0.25) is 11.8 Å². The predicted octanol–water partition coefficient (Wildman–Crippen LogP) is 3.95. The van der Waals surface area contributed by atoms with Crippen LogP contribution in [0.5, 0.6) is 0 Å². The van der Waals surface area contributed by atoms with Crippen LogP contribution in [0, 0.1) is 11.8 Å². The zero-order valence-electron chi connectivity index (χ0n) is 22.0. The van der Waals surface area contributed by atoms with Crippen molar-refractivity contribution in [1.82, 2.24) is 9.80 Å². The monoisotopic (exact) mass is 520 g/mol. The number of likely N-dealkylation sites (tertiary alicyclic amines) is 1. The molecule has 3 rings (SSSR count). The number of esters is 1. The van der Waals surface area contributed by atoms with E-state index >= 15 is 0 Å². The second kappa shape index (κ2) is 13.1. The number of hydrogen-bond donors (Lipinski definition) is 1. The molecule has 1 spiro atoms. The lowest BCUT2D eigenvalue weighted by Crippen LogP contribution is -2.56. The van der Waals surface area contributed by atoms with Crippen LogP contribution in [0.15, 0.2) is 25.3 Å². The number of aliphatic hydroxyl groups excluding tert-OH is 1. The second-order valence-corrected chi connectivity index (χ2v) is 12.0. The van der Waals surface area contributed by atoms with Gasteiger partial charge < -0.3 is 19.6 Å². The summed E-state index contributed by atoms with van der Waals surface area (Å²) >= 11 is 1.69. The molecule has 3 heterocycles. The van der Waals surface area contributed by atoms with Crippen LogP contribution in [0.3, 0.4) is 0 Å². The van der Waals surface area contributed by atoms with Crippen LogP contribution in [0.1, 0.15) is 71.6 Å². The summed E-state index contributed by atoms with van der Waals surface area (Å²) in [5.74, 6) is -1.42. The van der Waals surface area contributed by atoms with Crippen molar-refractivity contribution in [2.75, 3.05) is 26.3 Å². The Bertz CT molecular complexity index is 820. The number of carbonyl (C=O) groups is 3. The predicted molar refractivity (Wildman–Crippen MR) is 143 cm³/mol. The fourth-order valence-corrected chi connectivity index (χ4v) is 8.59. The molecule has 2 bridgehead atoms. The minimum absolute atomic E-state index is 0.0121. The van der Waals surface area contributed by atoms with Crippen molar-refractivity contribution < 1.29 is 24.2 Å². The molecule has 8 heteroatoms. The quantitative estimate of drug-likeness (QED) is 0.188. The van der Waals surface area contributed by atoms with Gasteiger partial charge in [0.15, 0.2) is 0 Å². The number of aliphatic hydroxyl groups is 1. The first-order valence-corrected chi connectivity index (χ1v) is 14.5. The smallest absolute Gasteiger partial charge is 0.310 e. The Hall–Kier alpha value is -1.80. The molecule has 0 radical (unpaired) electrons. The van der Waals surface area contributed by atoms with Gasteiger partial charge in [-0.05, 0) is 45.4 Å². The van der Waals surface area contributed by atoms with Gasteiger partial charge in [0, 0.05) is 31.0 Å². The summed E-state index contributed by atoms with van der Waals surface area (Å²) in [7, 11) is 0. The Morgan fingerprint density at radius 2 is 2.03 bits per heavy atom. The van der Waals surface area contributed by atoms with Gasteiger partial charge in [0.25, 0.3) is 0 Å². The number of thioether (sulfide) groups is 1. The molecule has 0 aliphatic carbocycles. The number of nitrogens with zero attached hydrogens (tertiary/aromatic N) is 2. The summed E-state index contributed by atoms with van der Waals surface area (Å²) < 4.78 is 4.97. The highest BCUT2D eigenvalue weighted by Crippen LogP contribution is 2.66. The van der Waals surface area contributed by atoms with Gasteiger partial charge in [-0.3, -0.25) is 14.4 Å². The molecule has 202 valence electrons.